The first kappa shape index (κ1) is 16.0. The molecule has 0 atom stereocenters. The molecule has 0 aliphatic carbocycles. The van der Waals surface area contributed by atoms with Crippen LogP contribution in [-0.2, 0) is 6.54 Å². The van der Waals surface area contributed by atoms with E-state index in [-0.39, 0.29) is 5.82 Å². The Labute approximate surface area is 131 Å². The third-order valence-corrected chi connectivity index (χ3v) is 3.98. The first-order valence-corrected chi connectivity index (χ1v) is 7.67. The van der Waals surface area contributed by atoms with Gasteiger partial charge in [-0.25, -0.2) is 4.39 Å². The van der Waals surface area contributed by atoms with Gasteiger partial charge >= 0.3 is 0 Å². The summed E-state index contributed by atoms with van der Waals surface area (Å²) in [7, 11) is 0. The summed E-state index contributed by atoms with van der Waals surface area (Å²) in [6.45, 7) is 7.75. The monoisotopic (exact) mass is 305 g/mol. The smallest absolute Gasteiger partial charge is 0.131 e. The fraction of sp³-hybridized carbons (Fsp3) is 0.333. The standard InChI is InChI=1S/C18H21ClFN/c1-4-7-21-11-14-5-6-15(18(20)10-14)16-8-12(2)13(3)9-17(16)19/h5-6,8-10,21H,4,7,11H2,1-3H3. The van der Waals surface area contributed by atoms with Crippen LogP contribution < -0.4 is 5.32 Å². The summed E-state index contributed by atoms with van der Waals surface area (Å²) < 4.78 is 14.4. The predicted octanol–water partition coefficient (Wildman–Crippen LogP) is 5.26. The molecular weight excluding hydrogens is 285 g/mol. The first-order valence-electron chi connectivity index (χ1n) is 7.29. The maximum Gasteiger partial charge on any atom is 0.131 e. The molecule has 2 aromatic carbocycles. The van der Waals surface area contributed by atoms with Gasteiger partial charge in [0.2, 0.25) is 0 Å². The summed E-state index contributed by atoms with van der Waals surface area (Å²) in [5.74, 6) is -0.226. The zero-order valence-corrected chi connectivity index (χ0v) is 13.5. The quantitative estimate of drug-likeness (QED) is 0.743. The average molecular weight is 306 g/mol. The van der Waals surface area contributed by atoms with Gasteiger partial charge < -0.3 is 5.32 Å². The molecule has 0 heterocycles. The molecule has 0 saturated heterocycles. The van der Waals surface area contributed by atoms with Crippen LogP contribution in [0.4, 0.5) is 4.39 Å². The fourth-order valence-corrected chi connectivity index (χ4v) is 2.60. The molecule has 21 heavy (non-hydrogen) atoms. The molecular formula is C18H21ClFN. The van der Waals surface area contributed by atoms with Crippen LogP contribution in [0, 0.1) is 19.7 Å². The number of hydrogen-bond acceptors (Lipinski definition) is 1. The summed E-state index contributed by atoms with van der Waals surface area (Å²) in [5.41, 5.74) is 4.49. The minimum absolute atomic E-state index is 0.226. The van der Waals surface area contributed by atoms with E-state index in [4.69, 9.17) is 11.6 Å². The summed E-state index contributed by atoms with van der Waals surface area (Å²) in [5, 5.41) is 3.86. The Morgan fingerprint density at radius 2 is 1.76 bits per heavy atom. The van der Waals surface area contributed by atoms with Crippen LogP contribution in [-0.4, -0.2) is 6.54 Å². The van der Waals surface area contributed by atoms with Gasteiger partial charge in [-0.1, -0.05) is 30.7 Å². The van der Waals surface area contributed by atoms with Gasteiger partial charge in [-0.2, -0.15) is 0 Å². The normalized spacial score (nSPS) is 10.9. The van der Waals surface area contributed by atoms with Gasteiger partial charge in [0, 0.05) is 22.7 Å². The van der Waals surface area contributed by atoms with E-state index < -0.39 is 0 Å². The number of aryl methyl sites for hydroxylation is 2. The van der Waals surface area contributed by atoms with E-state index in [1.54, 1.807) is 6.07 Å². The molecule has 0 aromatic heterocycles. The van der Waals surface area contributed by atoms with E-state index >= 15 is 0 Å². The first-order chi connectivity index (χ1) is 10.0. The van der Waals surface area contributed by atoms with Gasteiger partial charge in [0.25, 0.3) is 0 Å². The molecule has 0 bridgehead atoms. The largest absolute Gasteiger partial charge is 0.313 e. The minimum atomic E-state index is -0.226. The Hall–Kier alpha value is -1.38. The van der Waals surface area contributed by atoms with Crippen LogP contribution in [0.2, 0.25) is 5.02 Å². The predicted molar refractivity (Wildman–Crippen MR) is 88.3 cm³/mol. The van der Waals surface area contributed by atoms with Crippen molar-refractivity contribution in [1.29, 1.82) is 0 Å². The van der Waals surface area contributed by atoms with E-state index in [2.05, 4.69) is 12.2 Å². The van der Waals surface area contributed by atoms with Crippen molar-refractivity contribution in [2.75, 3.05) is 6.54 Å². The Balaban J connectivity index is 2.31. The minimum Gasteiger partial charge on any atom is -0.313 e. The second-order valence-corrected chi connectivity index (χ2v) is 5.81. The second-order valence-electron chi connectivity index (χ2n) is 5.41. The molecule has 1 N–H and O–H groups in total. The van der Waals surface area contributed by atoms with Gasteiger partial charge in [-0.3, -0.25) is 0 Å². The Kier molecular flexibility index (Phi) is 5.38. The highest BCUT2D eigenvalue weighted by Gasteiger charge is 2.11. The van der Waals surface area contributed by atoms with Crippen LogP contribution in [0.1, 0.15) is 30.0 Å². The highest BCUT2D eigenvalue weighted by molar-refractivity contribution is 6.33. The van der Waals surface area contributed by atoms with Crippen molar-refractivity contribution in [1.82, 2.24) is 5.32 Å². The Morgan fingerprint density at radius 1 is 1.05 bits per heavy atom. The number of benzene rings is 2. The molecule has 0 aliphatic rings. The fourth-order valence-electron chi connectivity index (χ4n) is 2.28. The van der Waals surface area contributed by atoms with E-state index in [9.17, 15) is 4.39 Å². The van der Waals surface area contributed by atoms with Crippen LogP contribution >= 0.6 is 11.6 Å². The molecule has 112 valence electrons. The molecule has 0 spiro atoms. The van der Waals surface area contributed by atoms with Crippen molar-refractivity contribution < 1.29 is 4.39 Å². The van der Waals surface area contributed by atoms with E-state index in [0.29, 0.717) is 17.1 Å². The SMILES string of the molecule is CCCNCc1ccc(-c2cc(C)c(C)cc2Cl)c(F)c1. The van der Waals surface area contributed by atoms with E-state index in [0.717, 1.165) is 35.2 Å². The zero-order valence-electron chi connectivity index (χ0n) is 12.8. The molecule has 0 amide bonds. The summed E-state index contributed by atoms with van der Waals surface area (Å²) in [4.78, 5) is 0. The van der Waals surface area contributed by atoms with E-state index in [1.807, 2.05) is 38.1 Å². The van der Waals surface area contributed by atoms with Gasteiger partial charge in [-0.15, -0.1) is 0 Å². The lowest BCUT2D eigenvalue weighted by molar-refractivity contribution is 0.622. The molecule has 1 nitrogen and oxygen atoms in total. The lowest BCUT2D eigenvalue weighted by atomic mass is 9.99. The van der Waals surface area contributed by atoms with Crippen LogP contribution in [0.3, 0.4) is 0 Å². The average Bonchev–Trinajstić information content (AvgIpc) is 2.44. The molecule has 3 heteroatoms. The lowest BCUT2D eigenvalue weighted by Crippen LogP contribution is -2.13. The van der Waals surface area contributed by atoms with Gasteiger partial charge in [0.05, 0.1) is 0 Å². The lowest BCUT2D eigenvalue weighted by Gasteiger charge is -2.11. The summed E-state index contributed by atoms with van der Waals surface area (Å²) in [6.07, 6.45) is 1.07. The van der Waals surface area contributed by atoms with E-state index in [1.165, 1.54) is 0 Å². The molecule has 0 radical (unpaired) electrons. The molecule has 0 aliphatic heterocycles. The third-order valence-electron chi connectivity index (χ3n) is 3.66. The van der Waals surface area contributed by atoms with Gasteiger partial charge in [0.15, 0.2) is 0 Å². The van der Waals surface area contributed by atoms with Gasteiger partial charge in [0.1, 0.15) is 5.82 Å². The highest BCUT2D eigenvalue weighted by Crippen LogP contribution is 2.32. The Morgan fingerprint density at radius 3 is 2.43 bits per heavy atom. The maximum absolute atomic E-state index is 14.4. The second kappa shape index (κ2) is 7.06. The van der Waals surface area contributed by atoms with Crippen molar-refractivity contribution >= 4 is 11.6 Å². The number of hydrogen-bond donors (Lipinski definition) is 1. The topological polar surface area (TPSA) is 12.0 Å². The van der Waals surface area contributed by atoms with Crippen molar-refractivity contribution in [2.24, 2.45) is 0 Å². The van der Waals surface area contributed by atoms with Crippen molar-refractivity contribution in [3.63, 3.8) is 0 Å². The van der Waals surface area contributed by atoms with Crippen molar-refractivity contribution in [2.45, 2.75) is 33.7 Å². The molecule has 0 saturated carbocycles. The maximum atomic E-state index is 14.4. The number of rotatable bonds is 5. The van der Waals surface area contributed by atoms with Gasteiger partial charge in [-0.05, 0) is 61.7 Å². The number of halogens is 2. The third kappa shape index (κ3) is 3.84. The van der Waals surface area contributed by atoms with Crippen molar-refractivity contribution in [3.8, 4) is 11.1 Å². The highest BCUT2D eigenvalue weighted by atomic mass is 35.5. The molecule has 0 fully saturated rings. The number of nitrogens with one attached hydrogen (secondary N) is 1. The summed E-state index contributed by atoms with van der Waals surface area (Å²) >= 11 is 6.27. The van der Waals surface area contributed by atoms with Crippen LogP contribution in [0.5, 0.6) is 0 Å². The molecule has 0 unspecified atom stereocenters. The van der Waals surface area contributed by atoms with Crippen LogP contribution in [0.25, 0.3) is 11.1 Å². The van der Waals surface area contributed by atoms with Crippen molar-refractivity contribution in [3.05, 3.63) is 57.9 Å². The Bertz CT molecular complexity index is 637. The van der Waals surface area contributed by atoms with Crippen LogP contribution in [0.15, 0.2) is 30.3 Å². The summed E-state index contributed by atoms with van der Waals surface area (Å²) in [6, 6.07) is 9.19. The zero-order chi connectivity index (χ0) is 15.4. The molecule has 2 aromatic rings. The molecule has 2 rings (SSSR count).